The number of hydrogen-bond acceptors (Lipinski definition) is 3. The topological polar surface area (TPSA) is 45.0 Å². The summed E-state index contributed by atoms with van der Waals surface area (Å²) < 4.78 is 5.26. The largest absolute Gasteiger partial charge is 0.479 e. The minimum absolute atomic E-state index is 0.0877. The lowest BCUT2D eigenvalue weighted by atomic mass is 10.0. The van der Waals surface area contributed by atoms with Crippen molar-refractivity contribution in [2.75, 3.05) is 11.9 Å². The Bertz CT molecular complexity index is 384. The zero-order valence-corrected chi connectivity index (χ0v) is 10.7. The molecule has 0 spiro atoms. The summed E-state index contributed by atoms with van der Waals surface area (Å²) in [5, 5.41) is 11.9. The highest BCUT2D eigenvalue weighted by atomic mass is 16.5. The predicted octanol–water partition coefficient (Wildman–Crippen LogP) is 3.44. The highest BCUT2D eigenvalue weighted by molar-refractivity contribution is 5.48. The summed E-state index contributed by atoms with van der Waals surface area (Å²) in [6, 6.07) is 10.1. The van der Waals surface area contributed by atoms with Gasteiger partial charge in [0.05, 0.1) is 0 Å². The average molecular weight is 232 g/mol. The molecule has 0 saturated carbocycles. The first kappa shape index (κ1) is 13.4. The van der Waals surface area contributed by atoms with E-state index in [0.29, 0.717) is 12.0 Å². The molecule has 3 heteroatoms. The van der Waals surface area contributed by atoms with Gasteiger partial charge < -0.3 is 10.1 Å². The summed E-state index contributed by atoms with van der Waals surface area (Å²) in [6.07, 6.45) is 1.15. The van der Waals surface area contributed by atoms with Crippen molar-refractivity contribution in [2.24, 2.45) is 5.92 Å². The third-order valence-corrected chi connectivity index (χ3v) is 3.03. The number of benzene rings is 1. The molecule has 0 aliphatic carbocycles. The molecule has 1 aromatic carbocycles. The summed E-state index contributed by atoms with van der Waals surface area (Å²) in [6.45, 7) is 6.68. The first-order valence-electron chi connectivity index (χ1n) is 6.03. The van der Waals surface area contributed by atoms with Crippen molar-refractivity contribution in [2.45, 2.75) is 33.2 Å². The Morgan fingerprint density at radius 1 is 1.41 bits per heavy atom. The van der Waals surface area contributed by atoms with E-state index in [9.17, 15) is 0 Å². The molecule has 17 heavy (non-hydrogen) atoms. The maximum Gasteiger partial charge on any atom is 0.174 e. The van der Waals surface area contributed by atoms with E-state index in [1.54, 1.807) is 0 Å². The second kappa shape index (κ2) is 6.80. The molecule has 2 atom stereocenters. The van der Waals surface area contributed by atoms with Gasteiger partial charge in [0, 0.05) is 17.8 Å². The van der Waals surface area contributed by atoms with Gasteiger partial charge in [0.1, 0.15) is 11.8 Å². The van der Waals surface area contributed by atoms with Crippen LogP contribution >= 0.6 is 0 Å². The van der Waals surface area contributed by atoms with Crippen LogP contribution in [0.2, 0.25) is 0 Å². The van der Waals surface area contributed by atoms with Crippen molar-refractivity contribution >= 4 is 5.69 Å². The van der Waals surface area contributed by atoms with Gasteiger partial charge in [-0.15, -0.1) is 0 Å². The van der Waals surface area contributed by atoms with Crippen LogP contribution in [-0.4, -0.2) is 12.6 Å². The maximum absolute atomic E-state index is 8.46. The van der Waals surface area contributed by atoms with Crippen LogP contribution in [0.5, 0.6) is 5.75 Å². The predicted molar refractivity (Wildman–Crippen MR) is 70.1 cm³/mol. The lowest BCUT2D eigenvalue weighted by Crippen LogP contribution is -2.23. The second-order valence-corrected chi connectivity index (χ2v) is 4.29. The SMILES string of the molecule is CCC(C)C(C)Nc1cccc(OCC#N)c1. The van der Waals surface area contributed by atoms with Gasteiger partial charge in [0.25, 0.3) is 0 Å². The molecule has 0 bridgehead atoms. The molecule has 1 aromatic rings. The zero-order chi connectivity index (χ0) is 12.7. The van der Waals surface area contributed by atoms with Crippen molar-refractivity contribution < 1.29 is 4.74 Å². The molecule has 0 radical (unpaired) electrons. The number of ether oxygens (including phenoxy) is 1. The Labute approximate surface area is 103 Å². The first-order chi connectivity index (χ1) is 8.17. The van der Waals surface area contributed by atoms with Crippen LogP contribution in [0.1, 0.15) is 27.2 Å². The average Bonchev–Trinajstić information content (AvgIpc) is 2.35. The van der Waals surface area contributed by atoms with Gasteiger partial charge in [0.2, 0.25) is 0 Å². The van der Waals surface area contributed by atoms with E-state index in [0.717, 1.165) is 17.9 Å². The number of anilines is 1. The number of nitriles is 1. The van der Waals surface area contributed by atoms with Gasteiger partial charge in [-0.05, 0) is 25.0 Å². The van der Waals surface area contributed by atoms with Crippen LogP contribution < -0.4 is 10.1 Å². The molecule has 0 heterocycles. The third kappa shape index (κ3) is 4.36. The Morgan fingerprint density at radius 2 is 2.18 bits per heavy atom. The van der Waals surface area contributed by atoms with Gasteiger partial charge >= 0.3 is 0 Å². The first-order valence-corrected chi connectivity index (χ1v) is 6.03. The fourth-order valence-corrected chi connectivity index (χ4v) is 1.55. The normalized spacial score (nSPS) is 13.5. The van der Waals surface area contributed by atoms with Crippen LogP contribution in [0, 0.1) is 17.2 Å². The van der Waals surface area contributed by atoms with Crippen LogP contribution in [0.25, 0.3) is 0 Å². The third-order valence-electron chi connectivity index (χ3n) is 3.03. The fourth-order valence-electron chi connectivity index (χ4n) is 1.55. The highest BCUT2D eigenvalue weighted by Crippen LogP contribution is 2.20. The second-order valence-electron chi connectivity index (χ2n) is 4.29. The monoisotopic (exact) mass is 232 g/mol. The van der Waals surface area contributed by atoms with Crippen molar-refractivity contribution in [3.63, 3.8) is 0 Å². The fraction of sp³-hybridized carbons (Fsp3) is 0.500. The molecule has 0 aromatic heterocycles. The molecule has 1 N–H and O–H groups in total. The molecule has 0 saturated heterocycles. The smallest absolute Gasteiger partial charge is 0.174 e. The van der Waals surface area contributed by atoms with Gasteiger partial charge in [0.15, 0.2) is 6.61 Å². The Hall–Kier alpha value is -1.69. The van der Waals surface area contributed by atoms with Gasteiger partial charge in [-0.25, -0.2) is 0 Å². The van der Waals surface area contributed by atoms with Crippen LogP contribution in [0.4, 0.5) is 5.69 Å². The Kier molecular flexibility index (Phi) is 5.35. The van der Waals surface area contributed by atoms with E-state index in [2.05, 4.69) is 26.1 Å². The van der Waals surface area contributed by atoms with E-state index in [4.69, 9.17) is 10.00 Å². The summed E-state index contributed by atoms with van der Waals surface area (Å²) >= 11 is 0. The van der Waals surface area contributed by atoms with Crippen LogP contribution in [0.15, 0.2) is 24.3 Å². The van der Waals surface area contributed by atoms with E-state index in [1.807, 2.05) is 30.3 Å². The zero-order valence-electron chi connectivity index (χ0n) is 10.7. The van der Waals surface area contributed by atoms with Crippen molar-refractivity contribution in [3.05, 3.63) is 24.3 Å². The molecule has 2 unspecified atom stereocenters. The summed E-state index contributed by atoms with van der Waals surface area (Å²) in [5.74, 6) is 1.35. The summed E-state index contributed by atoms with van der Waals surface area (Å²) in [5.41, 5.74) is 1.04. The summed E-state index contributed by atoms with van der Waals surface area (Å²) in [7, 11) is 0. The van der Waals surface area contributed by atoms with Gasteiger partial charge in [-0.3, -0.25) is 0 Å². The highest BCUT2D eigenvalue weighted by Gasteiger charge is 2.09. The van der Waals surface area contributed by atoms with Gasteiger partial charge in [-0.1, -0.05) is 26.3 Å². The lowest BCUT2D eigenvalue weighted by Gasteiger charge is -2.21. The minimum atomic E-state index is 0.0877. The van der Waals surface area contributed by atoms with Crippen molar-refractivity contribution in [1.82, 2.24) is 0 Å². The molecule has 0 fully saturated rings. The van der Waals surface area contributed by atoms with Crippen molar-refractivity contribution in [1.29, 1.82) is 5.26 Å². The van der Waals surface area contributed by atoms with Crippen LogP contribution in [0.3, 0.4) is 0 Å². The van der Waals surface area contributed by atoms with Crippen molar-refractivity contribution in [3.8, 4) is 11.8 Å². The molecule has 0 aliphatic rings. The molecule has 92 valence electrons. The van der Waals surface area contributed by atoms with E-state index in [-0.39, 0.29) is 6.61 Å². The molecule has 0 aliphatic heterocycles. The molecular weight excluding hydrogens is 212 g/mol. The number of nitrogens with zero attached hydrogens (tertiary/aromatic N) is 1. The van der Waals surface area contributed by atoms with Crippen LogP contribution in [-0.2, 0) is 0 Å². The Morgan fingerprint density at radius 3 is 2.82 bits per heavy atom. The number of rotatable bonds is 6. The minimum Gasteiger partial charge on any atom is -0.479 e. The lowest BCUT2D eigenvalue weighted by molar-refractivity contribution is 0.368. The van der Waals surface area contributed by atoms with E-state index < -0.39 is 0 Å². The number of nitrogens with one attached hydrogen (secondary N) is 1. The number of hydrogen-bond donors (Lipinski definition) is 1. The maximum atomic E-state index is 8.46. The van der Waals surface area contributed by atoms with E-state index in [1.165, 1.54) is 0 Å². The van der Waals surface area contributed by atoms with E-state index >= 15 is 0 Å². The Balaban J connectivity index is 2.62. The molecule has 1 rings (SSSR count). The quantitative estimate of drug-likeness (QED) is 0.817. The molecule has 3 nitrogen and oxygen atoms in total. The summed E-state index contributed by atoms with van der Waals surface area (Å²) in [4.78, 5) is 0. The van der Waals surface area contributed by atoms with Gasteiger partial charge in [-0.2, -0.15) is 5.26 Å². The molecular formula is C14H20N2O. The molecule has 0 amide bonds. The standard InChI is InChI=1S/C14H20N2O/c1-4-11(2)12(3)16-13-6-5-7-14(10-13)17-9-8-15/h5-7,10-12,16H,4,9H2,1-3H3.